The van der Waals surface area contributed by atoms with Crippen molar-refractivity contribution in [2.75, 3.05) is 20.3 Å². The quantitative estimate of drug-likeness (QED) is 0.181. The van der Waals surface area contributed by atoms with Crippen LogP contribution in [-0.2, 0) is 28.9 Å². The average Bonchev–Trinajstić information content (AvgIpc) is 3.62. The van der Waals surface area contributed by atoms with Crippen molar-refractivity contribution < 1.29 is 33.0 Å². The van der Waals surface area contributed by atoms with Gasteiger partial charge in [0.15, 0.2) is 11.5 Å². The summed E-state index contributed by atoms with van der Waals surface area (Å²) in [6.45, 7) is 3.23. The van der Waals surface area contributed by atoms with Gasteiger partial charge in [-0.2, -0.15) is 0 Å². The van der Waals surface area contributed by atoms with Crippen molar-refractivity contribution in [2.24, 2.45) is 0 Å². The number of carboxylic acid groups (broad SMARTS) is 1. The normalized spacial score (nSPS) is 14.2. The van der Waals surface area contributed by atoms with Crippen LogP contribution in [0.3, 0.4) is 0 Å². The molecule has 3 aromatic carbocycles. The Labute approximate surface area is 244 Å². The summed E-state index contributed by atoms with van der Waals surface area (Å²) in [6, 6.07) is 23.7. The zero-order valence-corrected chi connectivity index (χ0v) is 23.9. The summed E-state index contributed by atoms with van der Waals surface area (Å²) in [5.41, 5.74) is 4.07. The van der Waals surface area contributed by atoms with Gasteiger partial charge in [0.05, 0.1) is 26.2 Å². The molecule has 1 aliphatic heterocycles. The molecule has 1 atom stereocenters. The summed E-state index contributed by atoms with van der Waals surface area (Å²) in [7, 11) is 1.66. The number of carbonyl (C=O) groups is 2. The first kappa shape index (κ1) is 28.8. The van der Waals surface area contributed by atoms with Crippen LogP contribution in [0.5, 0.6) is 11.5 Å². The first-order valence-electron chi connectivity index (χ1n) is 14.2. The lowest BCUT2D eigenvalue weighted by molar-refractivity contribution is -0.137. The lowest BCUT2D eigenvalue weighted by Gasteiger charge is -2.35. The lowest BCUT2D eigenvalue weighted by Crippen LogP contribution is -2.34. The van der Waals surface area contributed by atoms with E-state index in [4.69, 9.17) is 23.4 Å². The van der Waals surface area contributed by atoms with Crippen molar-refractivity contribution in [3.05, 3.63) is 95.4 Å². The molecule has 5 aromatic rings. The Morgan fingerprint density at radius 1 is 0.952 bits per heavy atom. The smallest absolute Gasteiger partial charge is 0.303 e. The standard InChI is InChI=1S/C23H25NO4.C11H10O3/c1-3-27-23-14-19-16(13-22(23)26-2)10-11-24(15-25)20(19)9-8-18-12-17-6-4-5-7-21(17)28-18;12-11(13)6-5-9-7-8-3-1-2-4-10(8)14-9/h4-7,12-15,20H,3,8-11H2,1-2H3;1-4,7H,5-6H2,(H,12,13). The van der Waals surface area contributed by atoms with Gasteiger partial charge in [0.1, 0.15) is 22.7 Å². The Morgan fingerprint density at radius 2 is 1.60 bits per heavy atom. The van der Waals surface area contributed by atoms with Crippen LogP contribution in [0.25, 0.3) is 21.9 Å². The van der Waals surface area contributed by atoms with Crippen LogP contribution >= 0.6 is 0 Å². The van der Waals surface area contributed by atoms with Crippen LogP contribution in [0.1, 0.15) is 48.5 Å². The molecule has 0 spiro atoms. The summed E-state index contributed by atoms with van der Waals surface area (Å²) in [5, 5.41) is 10.6. The van der Waals surface area contributed by atoms with Gasteiger partial charge in [-0.1, -0.05) is 36.4 Å². The van der Waals surface area contributed by atoms with Gasteiger partial charge < -0.3 is 28.3 Å². The Balaban J connectivity index is 0.000000211. The molecule has 1 aliphatic rings. The zero-order chi connectivity index (χ0) is 29.5. The first-order chi connectivity index (χ1) is 20.5. The molecule has 8 heteroatoms. The van der Waals surface area contributed by atoms with Crippen LogP contribution in [0.2, 0.25) is 0 Å². The third kappa shape index (κ3) is 6.60. The summed E-state index contributed by atoms with van der Waals surface area (Å²) in [4.78, 5) is 23.9. The van der Waals surface area contributed by atoms with Gasteiger partial charge in [0.2, 0.25) is 6.41 Å². The van der Waals surface area contributed by atoms with Crippen molar-refractivity contribution >= 4 is 34.3 Å². The van der Waals surface area contributed by atoms with Gasteiger partial charge in [0.25, 0.3) is 0 Å². The number of aryl methyl sites for hydroxylation is 2. The highest BCUT2D eigenvalue weighted by Gasteiger charge is 2.28. The van der Waals surface area contributed by atoms with Crippen LogP contribution in [0.15, 0.2) is 81.6 Å². The topological polar surface area (TPSA) is 102 Å². The number of furan rings is 2. The van der Waals surface area contributed by atoms with E-state index in [0.717, 1.165) is 76.2 Å². The highest BCUT2D eigenvalue weighted by molar-refractivity contribution is 5.78. The van der Waals surface area contributed by atoms with E-state index >= 15 is 0 Å². The molecular weight excluding hydrogens is 534 g/mol. The van der Waals surface area contributed by atoms with E-state index in [1.807, 2.05) is 66.4 Å². The number of carbonyl (C=O) groups excluding carboxylic acids is 1. The van der Waals surface area contributed by atoms with Crippen LogP contribution in [-0.4, -0.2) is 42.6 Å². The fourth-order valence-electron chi connectivity index (χ4n) is 5.43. The van der Waals surface area contributed by atoms with Gasteiger partial charge in [0, 0.05) is 30.2 Å². The number of methoxy groups -OCH3 is 1. The van der Waals surface area contributed by atoms with Crippen LogP contribution in [0, 0.1) is 0 Å². The monoisotopic (exact) mass is 569 g/mol. The van der Waals surface area contributed by atoms with Crippen LogP contribution < -0.4 is 9.47 Å². The minimum Gasteiger partial charge on any atom is -0.493 e. The zero-order valence-electron chi connectivity index (χ0n) is 23.9. The number of rotatable bonds is 10. The minimum absolute atomic E-state index is 0.000394. The molecule has 0 radical (unpaired) electrons. The molecule has 1 N–H and O–H groups in total. The third-order valence-corrected chi connectivity index (χ3v) is 7.46. The molecule has 0 bridgehead atoms. The molecule has 6 rings (SSSR count). The second-order valence-electron chi connectivity index (χ2n) is 10.2. The van der Waals surface area contributed by atoms with Crippen molar-refractivity contribution in [1.29, 1.82) is 0 Å². The number of para-hydroxylation sites is 2. The Morgan fingerprint density at radius 3 is 2.17 bits per heavy atom. The first-order valence-corrected chi connectivity index (χ1v) is 14.2. The molecule has 1 unspecified atom stereocenters. The van der Waals surface area contributed by atoms with Crippen LogP contribution in [0.4, 0.5) is 0 Å². The molecule has 2 aromatic heterocycles. The van der Waals surface area contributed by atoms with E-state index in [0.29, 0.717) is 19.6 Å². The number of aliphatic carboxylic acids is 1. The number of fused-ring (bicyclic) bond motifs is 3. The summed E-state index contributed by atoms with van der Waals surface area (Å²) in [6.07, 6.45) is 3.89. The highest BCUT2D eigenvalue weighted by Crippen LogP contribution is 2.39. The summed E-state index contributed by atoms with van der Waals surface area (Å²) >= 11 is 0. The molecule has 218 valence electrons. The molecule has 1 amide bonds. The SMILES string of the molecule is CCOc1cc2c(cc1OC)CCN(C=O)C2CCc1cc2ccccc2o1.O=C(O)CCc1cc2ccccc2o1. The van der Waals surface area contributed by atoms with Gasteiger partial charge in [-0.25, -0.2) is 0 Å². The average molecular weight is 570 g/mol. The molecular formula is C34H35NO7. The van der Waals surface area contributed by atoms with Gasteiger partial charge in [-0.05, 0) is 67.3 Å². The van der Waals surface area contributed by atoms with Crippen molar-refractivity contribution in [2.45, 2.75) is 45.1 Å². The van der Waals surface area contributed by atoms with E-state index < -0.39 is 5.97 Å². The Bertz CT molecular complexity index is 1600. The number of carboxylic acids is 1. The second-order valence-corrected chi connectivity index (χ2v) is 10.2. The highest BCUT2D eigenvalue weighted by atomic mass is 16.5. The molecule has 42 heavy (non-hydrogen) atoms. The number of amides is 1. The number of hydrogen-bond donors (Lipinski definition) is 1. The van der Waals surface area contributed by atoms with E-state index in [1.54, 1.807) is 7.11 Å². The largest absolute Gasteiger partial charge is 0.493 e. The van der Waals surface area contributed by atoms with Gasteiger partial charge >= 0.3 is 5.97 Å². The fourth-order valence-corrected chi connectivity index (χ4v) is 5.43. The predicted octanol–water partition coefficient (Wildman–Crippen LogP) is 6.98. The Kier molecular flexibility index (Phi) is 9.12. The number of nitrogens with zero attached hydrogens (tertiary/aromatic N) is 1. The molecule has 0 fully saturated rings. The molecule has 3 heterocycles. The summed E-state index contributed by atoms with van der Waals surface area (Å²) in [5.74, 6) is 2.35. The van der Waals surface area contributed by atoms with E-state index in [2.05, 4.69) is 18.2 Å². The van der Waals surface area contributed by atoms with Crippen molar-refractivity contribution in [3.63, 3.8) is 0 Å². The van der Waals surface area contributed by atoms with Gasteiger partial charge in [-0.15, -0.1) is 0 Å². The predicted molar refractivity (Wildman–Crippen MR) is 160 cm³/mol. The lowest BCUT2D eigenvalue weighted by atomic mass is 9.89. The second kappa shape index (κ2) is 13.3. The van der Waals surface area contributed by atoms with Crippen molar-refractivity contribution in [1.82, 2.24) is 4.90 Å². The molecule has 0 saturated heterocycles. The maximum atomic E-state index is 11.7. The van der Waals surface area contributed by atoms with E-state index in [9.17, 15) is 9.59 Å². The molecule has 0 saturated carbocycles. The third-order valence-electron chi connectivity index (χ3n) is 7.46. The Hall–Kier alpha value is -4.72. The van der Waals surface area contributed by atoms with Crippen molar-refractivity contribution in [3.8, 4) is 11.5 Å². The van der Waals surface area contributed by atoms with Gasteiger partial charge in [-0.3, -0.25) is 9.59 Å². The summed E-state index contributed by atoms with van der Waals surface area (Å²) < 4.78 is 22.7. The van der Waals surface area contributed by atoms with E-state index in [-0.39, 0.29) is 12.5 Å². The maximum Gasteiger partial charge on any atom is 0.303 e. The number of benzene rings is 3. The minimum atomic E-state index is -0.801. The number of ether oxygens (including phenoxy) is 2. The number of hydrogen-bond acceptors (Lipinski definition) is 6. The fraction of sp³-hybridized carbons (Fsp3) is 0.294. The molecule has 8 nitrogen and oxygen atoms in total. The van der Waals surface area contributed by atoms with E-state index in [1.165, 1.54) is 5.56 Å². The molecule has 0 aliphatic carbocycles. The maximum absolute atomic E-state index is 11.7.